The van der Waals surface area contributed by atoms with Gasteiger partial charge in [-0.25, -0.2) is 4.98 Å². The molecule has 2 aromatic rings. The minimum Gasteiger partial charge on any atom is -0.337 e. The summed E-state index contributed by atoms with van der Waals surface area (Å²) in [5.41, 5.74) is 0.955. The van der Waals surface area contributed by atoms with Crippen LogP contribution < -0.4 is 0 Å². The van der Waals surface area contributed by atoms with Crippen LogP contribution in [0.3, 0.4) is 0 Å². The molecular formula is C16H22N4O2S. The monoisotopic (exact) mass is 334 g/mol. The van der Waals surface area contributed by atoms with Crippen molar-refractivity contribution in [1.82, 2.24) is 20.0 Å². The lowest BCUT2D eigenvalue weighted by molar-refractivity contribution is -0.131. The highest BCUT2D eigenvalue weighted by molar-refractivity contribution is 7.11. The van der Waals surface area contributed by atoms with Crippen LogP contribution >= 0.6 is 11.3 Å². The van der Waals surface area contributed by atoms with Gasteiger partial charge in [0.05, 0.1) is 17.1 Å². The number of rotatable bonds is 4. The van der Waals surface area contributed by atoms with Gasteiger partial charge in [-0.2, -0.15) is 4.98 Å². The second-order valence-corrected chi connectivity index (χ2v) is 7.60. The standard InChI is InChI=1S/C16H22N4O2S/c1-9(2)15-18-16(22-19-15)12-6-5-7-20(12)14(21)8-13-10(3)17-11(4)23-13/h9,12H,5-8H2,1-4H3/t12-/m0/s1. The van der Waals surface area contributed by atoms with Crippen LogP contribution in [0.2, 0.25) is 0 Å². The average Bonchev–Trinajstić information content (AvgIpc) is 3.18. The molecule has 6 nitrogen and oxygen atoms in total. The van der Waals surface area contributed by atoms with Crippen molar-refractivity contribution in [2.24, 2.45) is 0 Å². The van der Waals surface area contributed by atoms with Crippen molar-refractivity contribution in [3.8, 4) is 0 Å². The molecule has 1 saturated heterocycles. The third-order valence-electron chi connectivity index (χ3n) is 4.14. The Morgan fingerprint density at radius 2 is 2.17 bits per heavy atom. The highest BCUT2D eigenvalue weighted by Crippen LogP contribution is 2.32. The molecule has 124 valence electrons. The molecule has 7 heteroatoms. The summed E-state index contributed by atoms with van der Waals surface area (Å²) in [7, 11) is 0. The molecule has 1 amide bonds. The normalized spacial score (nSPS) is 18.1. The van der Waals surface area contributed by atoms with Crippen LogP contribution in [0, 0.1) is 13.8 Å². The Balaban J connectivity index is 1.75. The minimum atomic E-state index is -0.0863. The summed E-state index contributed by atoms with van der Waals surface area (Å²) in [4.78, 5) is 24.5. The number of aromatic nitrogens is 3. The first-order valence-corrected chi connectivity index (χ1v) is 8.83. The van der Waals surface area contributed by atoms with E-state index in [1.54, 1.807) is 11.3 Å². The number of carbonyl (C=O) groups is 1. The number of hydrogen-bond donors (Lipinski definition) is 0. The van der Waals surface area contributed by atoms with E-state index in [-0.39, 0.29) is 17.9 Å². The van der Waals surface area contributed by atoms with E-state index in [0.29, 0.717) is 18.1 Å². The Bertz CT molecular complexity index is 707. The van der Waals surface area contributed by atoms with Crippen LogP contribution in [0.25, 0.3) is 0 Å². The molecule has 3 rings (SSSR count). The van der Waals surface area contributed by atoms with E-state index in [1.807, 2.05) is 32.6 Å². The number of nitrogens with zero attached hydrogens (tertiary/aromatic N) is 4. The van der Waals surface area contributed by atoms with Gasteiger partial charge in [0.15, 0.2) is 5.82 Å². The zero-order valence-electron chi connectivity index (χ0n) is 14.0. The number of aryl methyl sites for hydroxylation is 2. The maximum Gasteiger partial charge on any atom is 0.249 e. The summed E-state index contributed by atoms with van der Waals surface area (Å²) in [5, 5.41) is 5.03. The second-order valence-electron chi connectivity index (χ2n) is 6.31. The highest BCUT2D eigenvalue weighted by atomic mass is 32.1. The molecule has 1 aliphatic heterocycles. The number of thiazole rings is 1. The summed E-state index contributed by atoms with van der Waals surface area (Å²) in [6, 6.07) is -0.0863. The third-order valence-corrected chi connectivity index (χ3v) is 5.22. The van der Waals surface area contributed by atoms with E-state index in [0.717, 1.165) is 35.0 Å². The smallest absolute Gasteiger partial charge is 0.249 e. The largest absolute Gasteiger partial charge is 0.337 e. The van der Waals surface area contributed by atoms with Gasteiger partial charge in [-0.05, 0) is 26.7 Å². The Hall–Kier alpha value is -1.76. The Morgan fingerprint density at radius 3 is 2.78 bits per heavy atom. The van der Waals surface area contributed by atoms with Crippen LogP contribution in [0.4, 0.5) is 0 Å². The molecule has 1 aliphatic rings. The highest BCUT2D eigenvalue weighted by Gasteiger charge is 2.34. The minimum absolute atomic E-state index is 0.0863. The van der Waals surface area contributed by atoms with E-state index in [2.05, 4.69) is 15.1 Å². The molecule has 0 spiro atoms. The Kier molecular flexibility index (Phi) is 4.48. The van der Waals surface area contributed by atoms with Gasteiger partial charge in [-0.15, -0.1) is 11.3 Å². The van der Waals surface area contributed by atoms with Crippen LogP contribution in [0.5, 0.6) is 0 Å². The third kappa shape index (κ3) is 3.29. The van der Waals surface area contributed by atoms with Crippen molar-refractivity contribution in [2.45, 2.75) is 58.9 Å². The molecule has 0 unspecified atom stereocenters. The van der Waals surface area contributed by atoms with Crippen molar-refractivity contribution in [1.29, 1.82) is 0 Å². The maximum atomic E-state index is 12.7. The second kappa shape index (κ2) is 6.39. The summed E-state index contributed by atoms with van der Waals surface area (Å²) in [6.07, 6.45) is 2.25. The predicted octanol–water partition coefficient (Wildman–Crippen LogP) is 3.17. The quantitative estimate of drug-likeness (QED) is 0.859. The first kappa shape index (κ1) is 16.1. The lowest BCUT2D eigenvalue weighted by Gasteiger charge is -2.21. The van der Waals surface area contributed by atoms with E-state index < -0.39 is 0 Å². The molecule has 0 aliphatic carbocycles. The number of amides is 1. The van der Waals surface area contributed by atoms with Crippen LogP contribution in [0.1, 0.15) is 65.9 Å². The Labute approximate surface area is 139 Å². The molecule has 0 radical (unpaired) electrons. The molecule has 1 fully saturated rings. The molecule has 2 aromatic heterocycles. The maximum absolute atomic E-state index is 12.7. The van der Waals surface area contributed by atoms with E-state index >= 15 is 0 Å². The average molecular weight is 334 g/mol. The van der Waals surface area contributed by atoms with E-state index in [1.165, 1.54) is 0 Å². The van der Waals surface area contributed by atoms with Gasteiger partial charge < -0.3 is 9.42 Å². The fourth-order valence-electron chi connectivity index (χ4n) is 2.92. The summed E-state index contributed by atoms with van der Waals surface area (Å²) in [5.74, 6) is 1.61. The lowest BCUT2D eigenvalue weighted by atomic mass is 10.2. The molecule has 0 N–H and O–H groups in total. The summed E-state index contributed by atoms with van der Waals surface area (Å²) < 4.78 is 5.40. The van der Waals surface area contributed by atoms with Crippen LogP contribution in [-0.2, 0) is 11.2 Å². The van der Waals surface area contributed by atoms with Crippen molar-refractivity contribution >= 4 is 17.2 Å². The Morgan fingerprint density at radius 1 is 1.39 bits per heavy atom. The van der Waals surface area contributed by atoms with E-state index in [9.17, 15) is 4.79 Å². The number of hydrogen-bond acceptors (Lipinski definition) is 6. The topological polar surface area (TPSA) is 72.1 Å². The molecule has 3 heterocycles. The summed E-state index contributed by atoms with van der Waals surface area (Å²) >= 11 is 1.60. The van der Waals surface area contributed by atoms with Gasteiger partial charge >= 0.3 is 0 Å². The van der Waals surface area contributed by atoms with Gasteiger partial charge in [0.2, 0.25) is 11.8 Å². The SMILES string of the molecule is Cc1nc(C)c(CC(=O)N2CCC[C@H]2c2nc(C(C)C)no2)s1. The molecule has 1 atom stereocenters. The van der Waals surface area contributed by atoms with Gasteiger partial charge in [-0.1, -0.05) is 19.0 Å². The first-order valence-electron chi connectivity index (χ1n) is 8.01. The summed E-state index contributed by atoms with van der Waals surface area (Å²) in [6.45, 7) is 8.73. The van der Waals surface area contributed by atoms with Crippen molar-refractivity contribution in [3.05, 3.63) is 27.3 Å². The number of likely N-dealkylation sites (tertiary alicyclic amines) is 1. The molecule has 0 bridgehead atoms. The van der Waals surface area contributed by atoms with Crippen LogP contribution in [-0.4, -0.2) is 32.5 Å². The van der Waals surface area contributed by atoms with Gasteiger partial charge in [0.1, 0.15) is 6.04 Å². The number of carbonyl (C=O) groups excluding carboxylic acids is 1. The molecule has 0 saturated carbocycles. The lowest BCUT2D eigenvalue weighted by Crippen LogP contribution is -2.32. The van der Waals surface area contributed by atoms with Gasteiger partial charge in [0.25, 0.3) is 0 Å². The molecule has 23 heavy (non-hydrogen) atoms. The zero-order chi connectivity index (χ0) is 16.6. The van der Waals surface area contributed by atoms with Crippen molar-refractivity contribution in [3.63, 3.8) is 0 Å². The van der Waals surface area contributed by atoms with Crippen molar-refractivity contribution < 1.29 is 9.32 Å². The van der Waals surface area contributed by atoms with E-state index in [4.69, 9.17) is 4.52 Å². The van der Waals surface area contributed by atoms with Gasteiger partial charge in [0, 0.05) is 17.3 Å². The fraction of sp³-hybridized carbons (Fsp3) is 0.625. The molecular weight excluding hydrogens is 312 g/mol. The van der Waals surface area contributed by atoms with Crippen LogP contribution in [0.15, 0.2) is 4.52 Å². The predicted molar refractivity (Wildman–Crippen MR) is 87.4 cm³/mol. The van der Waals surface area contributed by atoms with Crippen molar-refractivity contribution in [2.75, 3.05) is 6.54 Å². The van der Waals surface area contributed by atoms with Gasteiger partial charge in [-0.3, -0.25) is 4.79 Å². The zero-order valence-corrected chi connectivity index (χ0v) is 14.8. The molecule has 0 aromatic carbocycles. The first-order chi connectivity index (χ1) is 11.0. The fourth-order valence-corrected chi connectivity index (χ4v) is 3.84.